The Labute approximate surface area is 113 Å². The Bertz CT molecular complexity index is 420. The number of carboxylic acids is 1. The molecule has 1 aromatic carbocycles. The van der Waals surface area contributed by atoms with Crippen LogP contribution in [0.5, 0.6) is 11.5 Å². The Balaban J connectivity index is 3.04. The van der Waals surface area contributed by atoms with Crippen LogP contribution in [0, 0.1) is 0 Å². The predicted molar refractivity (Wildman–Crippen MR) is 72.8 cm³/mol. The molecule has 0 saturated carbocycles. The Morgan fingerprint density at radius 1 is 1.37 bits per heavy atom. The third kappa shape index (κ3) is 3.86. The predicted octanol–water partition coefficient (Wildman–Crippen LogP) is 2.22. The number of carbonyl (C=O) groups is 1. The van der Waals surface area contributed by atoms with Gasteiger partial charge in [-0.05, 0) is 19.0 Å². The molecule has 0 heterocycles. The molecule has 1 unspecified atom stereocenters. The Morgan fingerprint density at radius 3 is 2.63 bits per heavy atom. The van der Waals surface area contributed by atoms with Gasteiger partial charge in [0.25, 0.3) is 0 Å². The van der Waals surface area contributed by atoms with E-state index < -0.39 is 12.0 Å². The number of unbranched alkanes of at least 4 members (excludes halogenated alkanes) is 1. The van der Waals surface area contributed by atoms with Crippen LogP contribution in [0.3, 0.4) is 0 Å². The largest absolute Gasteiger partial charge is 0.493 e. The Hall–Kier alpha value is -1.75. The maximum absolute atomic E-state index is 11.4. The van der Waals surface area contributed by atoms with Crippen LogP contribution >= 0.6 is 0 Å². The number of benzene rings is 1. The number of nitrogens with one attached hydrogen (secondary N) is 1. The summed E-state index contributed by atoms with van der Waals surface area (Å²) in [7, 11) is 3.04. The van der Waals surface area contributed by atoms with Crippen molar-refractivity contribution in [3.05, 3.63) is 23.8 Å². The molecule has 106 valence electrons. The average Bonchev–Trinajstić information content (AvgIpc) is 2.42. The molecule has 0 aliphatic carbocycles. The molecule has 0 fully saturated rings. The number of hydrogen-bond donors (Lipinski definition) is 2. The van der Waals surface area contributed by atoms with Crippen LogP contribution in [-0.4, -0.2) is 31.8 Å². The van der Waals surface area contributed by atoms with Crippen molar-refractivity contribution in [2.45, 2.75) is 25.8 Å². The third-order valence-corrected chi connectivity index (χ3v) is 2.87. The van der Waals surface area contributed by atoms with Gasteiger partial charge in [-0.25, -0.2) is 0 Å². The number of para-hydroxylation sites is 1. The van der Waals surface area contributed by atoms with Crippen molar-refractivity contribution in [3.63, 3.8) is 0 Å². The summed E-state index contributed by atoms with van der Waals surface area (Å²) in [5.74, 6) is 0.0626. The average molecular weight is 267 g/mol. The molecule has 1 atom stereocenters. The van der Waals surface area contributed by atoms with Crippen molar-refractivity contribution in [3.8, 4) is 11.5 Å². The fourth-order valence-electron chi connectivity index (χ4n) is 1.89. The lowest BCUT2D eigenvalue weighted by atomic mass is 10.0. The number of aliphatic carboxylic acids is 1. The van der Waals surface area contributed by atoms with E-state index in [9.17, 15) is 9.90 Å². The summed E-state index contributed by atoms with van der Waals surface area (Å²) < 4.78 is 10.5. The van der Waals surface area contributed by atoms with E-state index in [1.54, 1.807) is 18.2 Å². The zero-order chi connectivity index (χ0) is 14.3. The molecule has 0 radical (unpaired) electrons. The standard InChI is InChI=1S/C14H21NO4/c1-4-5-9-15-12(14(16)17)10-7-6-8-11(18-2)13(10)19-3/h6-8,12,15H,4-5,9H2,1-3H3,(H,16,17). The highest BCUT2D eigenvalue weighted by Crippen LogP contribution is 2.34. The van der Waals surface area contributed by atoms with Gasteiger partial charge in [-0.2, -0.15) is 0 Å². The molecule has 1 aromatic rings. The fraction of sp³-hybridized carbons (Fsp3) is 0.500. The van der Waals surface area contributed by atoms with Crippen molar-refractivity contribution in [1.29, 1.82) is 0 Å². The molecule has 5 nitrogen and oxygen atoms in total. The third-order valence-electron chi connectivity index (χ3n) is 2.87. The van der Waals surface area contributed by atoms with Crippen LogP contribution in [0.4, 0.5) is 0 Å². The highest BCUT2D eigenvalue weighted by molar-refractivity contribution is 5.77. The number of ether oxygens (including phenoxy) is 2. The minimum Gasteiger partial charge on any atom is -0.493 e. The number of methoxy groups -OCH3 is 2. The van der Waals surface area contributed by atoms with Gasteiger partial charge in [-0.1, -0.05) is 25.5 Å². The zero-order valence-corrected chi connectivity index (χ0v) is 11.6. The summed E-state index contributed by atoms with van der Waals surface area (Å²) >= 11 is 0. The van der Waals surface area contributed by atoms with Crippen LogP contribution in [0.25, 0.3) is 0 Å². The lowest BCUT2D eigenvalue weighted by Gasteiger charge is -2.19. The normalized spacial score (nSPS) is 11.9. The molecule has 0 amide bonds. The minimum absolute atomic E-state index is 0.460. The van der Waals surface area contributed by atoms with Crippen LogP contribution < -0.4 is 14.8 Å². The highest BCUT2D eigenvalue weighted by atomic mass is 16.5. The second kappa shape index (κ2) is 7.63. The first kappa shape index (κ1) is 15.3. The molecule has 0 saturated heterocycles. The van der Waals surface area contributed by atoms with Crippen LogP contribution in [0.1, 0.15) is 31.4 Å². The molecule has 0 aromatic heterocycles. The lowest BCUT2D eigenvalue weighted by molar-refractivity contribution is -0.139. The molecule has 0 aliphatic rings. The van der Waals surface area contributed by atoms with Crippen LogP contribution in [0.15, 0.2) is 18.2 Å². The van der Waals surface area contributed by atoms with Gasteiger partial charge in [0, 0.05) is 5.56 Å². The summed E-state index contributed by atoms with van der Waals surface area (Å²) in [6.45, 7) is 2.71. The second-order valence-electron chi connectivity index (χ2n) is 4.16. The zero-order valence-electron chi connectivity index (χ0n) is 11.6. The van der Waals surface area contributed by atoms with Gasteiger partial charge in [-0.3, -0.25) is 4.79 Å². The van der Waals surface area contributed by atoms with E-state index in [2.05, 4.69) is 12.2 Å². The summed E-state index contributed by atoms with van der Waals surface area (Å²) in [4.78, 5) is 11.4. The number of carboxylic acid groups (broad SMARTS) is 1. The monoisotopic (exact) mass is 267 g/mol. The lowest BCUT2D eigenvalue weighted by Crippen LogP contribution is -2.29. The van der Waals surface area contributed by atoms with E-state index >= 15 is 0 Å². The smallest absolute Gasteiger partial charge is 0.325 e. The molecule has 0 spiro atoms. The first-order chi connectivity index (χ1) is 9.15. The van der Waals surface area contributed by atoms with Crippen LogP contribution in [0.2, 0.25) is 0 Å². The van der Waals surface area contributed by atoms with Crippen molar-refractivity contribution in [1.82, 2.24) is 5.32 Å². The number of rotatable bonds is 8. The maximum Gasteiger partial charge on any atom is 0.325 e. The Kier molecular flexibility index (Phi) is 6.15. The summed E-state index contributed by atoms with van der Waals surface area (Å²) in [6.07, 6.45) is 1.94. The summed E-state index contributed by atoms with van der Waals surface area (Å²) in [5.41, 5.74) is 0.574. The van der Waals surface area contributed by atoms with Crippen LogP contribution in [-0.2, 0) is 4.79 Å². The first-order valence-electron chi connectivity index (χ1n) is 6.32. The van der Waals surface area contributed by atoms with E-state index in [0.717, 1.165) is 12.8 Å². The van der Waals surface area contributed by atoms with E-state index in [1.165, 1.54) is 14.2 Å². The van der Waals surface area contributed by atoms with Gasteiger partial charge < -0.3 is 19.9 Å². The minimum atomic E-state index is -0.928. The molecule has 2 N–H and O–H groups in total. The maximum atomic E-state index is 11.4. The number of hydrogen-bond acceptors (Lipinski definition) is 4. The van der Waals surface area contributed by atoms with E-state index in [1.807, 2.05) is 0 Å². The quantitative estimate of drug-likeness (QED) is 0.707. The molecular weight excluding hydrogens is 246 g/mol. The molecule has 1 rings (SSSR count). The van der Waals surface area contributed by atoms with E-state index in [-0.39, 0.29) is 0 Å². The summed E-state index contributed by atoms with van der Waals surface area (Å²) in [5, 5.41) is 12.4. The van der Waals surface area contributed by atoms with Gasteiger partial charge in [0.1, 0.15) is 6.04 Å². The fourth-order valence-corrected chi connectivity index (χ4v) is 1.89. The van der Waals surface area contributed by atoms with Gasteiger partial charge in [-0.15, -0.1) is 0 Å². The van der Waals surface area contributed by atoms with Crippen molar-refractivity contribution in [2.24, 2.45) is 0 Å². The second-order valence-corrected chi connectivity index (χ2v) is 4.16. The topological polar surface area (TPSA) is 67.8 Å². The van der Waals surface area contributed by atoms with Crippen molar-refractivity contribution >= 4 is 5.97 Å². The highest BCUT2D eigenvalue weighted by Gasteiger charge is 2.24. The Morgan fingerprint density at radius 2 is 2.11 bits per heavy atom. The first-order valence-corrected chi connectivity index (χ1v) is 6.32. The molecule has 0 bridgehead atoms. The van der Waals surface area contributed by atoms with Gasteiger partial charge in [0.15, 0.2) is 11.5 Å². The molecule has 0 aliphatic heterocycles. The van der Waals surface area contributed by atoms with Crippen molar-refractivity contribution < 1.29 is 19.4 Å². The molecular formula is C14H21NO4. The van der Waals surface area contributed by atoms with E-state index in [0.29, 0.717) is 23.6 Å². The molecule has 5 heteroatoms. The molecule has 19 heavy (non-hydrogen) atoms. The summed E-state index contributed by atoms with van der Waals surface area (Å²) in [6, 6.07) is 4.44. The van der Waals surface area contributed by atoms with E-state index in [4.69, 9.17) is 9.47 Å². The van der Waals surface area contributed by atoms with Crippen molar-refractivity contribution in [2.75, 3.05) is 20.8 Å². The van der Waals surface area contributed by atoms with Gasteiger partial charge >= 0.3 is 5.97 Å². The SMILES string of the molecule is CCCCNC(C(=O)O)c1cccc(OC)c1OC. The van der Waals surface area contributed by atoms with Gasteiger partial charge in [0.05, 0.1) is 14.2 Å². The van der Waals surface area contributed by atoms with Gasteiger partial charge in [0.2, 0.25) is 0 Å².